The first-order valence-electron chi connectivity index (χ1n) is 12.9. The van der Waals surface area contributed by atoms with Crippen LogP contribution in [0.4, 0.5) is 4.79 Å². The van der Waals surface area contributed by atoms with Crippen molar-refractivity contribution < 1.29 is 27.9 Å². The number of benzene rings is 2. The number of carboxylic acid groups (broad SMARTS) is 1. The molecule has 2 aromatic carbocycles. The van der Waals surface area contributed by atoms with E-state index in [1.807, 2.05) is 24.3 Å². The number of carbonyl (C=O) groups is 3. The van der Waals surface area contributed by atoms with Crippen molar-refractivity contribution in [1.82, 2.24) is 20.3 Å². The van der Waals surface area contributed by atoms with Crippen LogP contribution in [0.2, 0.25) is 0 Å². The molecule has 214 valence electrons. The number of carbonyl (C=O) groups excluding carboxylic acids is 2. The second-order valence-corrected chi connectivity index (χ2v) is 11.7. The zero-order valence-corrected chi connectivity index (χ0v) is 23.2. The van der Waals surface area contributed by atoms with Gasteiger partial charge in [0.25, 0.3) is 0 Å². The number of nitrogens with zero attached hydrogens (tertiary/aromatic N) is 1. The van der Waals surface area contributed by atoms with Crippen molar-refractivity contribution in [3.8, 4) is 0 Å². The first kappa shape index (κ1) is 30.6. The summed E-state index contributed by atoms with van der Waals surface area (Å²) in [7, 11) is -3.81. The molecule has 1 heterocycles. The fourth-order valence-electron chi connectivity index (χ4n) is 5.12. The van der Waals surface area contributed by atoms with E-state index in [4.69, 9.17) is 5.73 Å². The summed E-state index contributed by atoms with van der Waals surface area (Å²) in [5.41, 5.74) is 5.59. The van der Waals surface area contributed by atoms with Gasteiger partial charge in [-0.2, -0.15) is 0 Å². The van der Waals surface area contributed by atoms with Crippen molar-refractivity contribution in [2.45, 2.75) is 49.1 Å². The first-order chi connectivity index (χ1) is 18.2. The van der Waals surface area contributed by atoms with E-state index in [0.29, 0.717) is 25.3 Å². The Morgan fingerprint density at radius 2 is 1.85 bits per heavy atom. The van der Waals surface area contributed by atoms with Gasteiger partial charge in [0, 0.05) is 32.1 Å². The molecule has 13 heteroatoms. The standard InChI is InChI=1S/C26H35N5O6S.ClH/c27-11-9-19-15-22(19)30-25(33)21-6-3-13-31(26(34)35)23(21)16-28-24(32)10-12-29-38(36,37)20-8-7-17-4-1-2-5-18(17)14-20;/h1-2,4-5,7-8,14,19,21-23,29H,3,6,9-13,15-16,27H2,(H,28,32)(H,30,33)(H,34,35);1H/t19?,21-,22?,23+;/m0./s1. The highest BCUT2D eigenvalue weighted by atomic mass is 35.5. The third kappa shape index (κ3) is 7.81. The Morgan fingerprint density at radius 3 is 2.56 bits per heavy atom. The van der Waals surface area contributed by atoms with Gasteiger partial charge in [0.15, 0.2) is 0 Å². The van der Waals surface area contributed by atoms with E-state index in [2.05, 4.69) is 15.4 Å². The van der Waals surface area contributed by atoms with Crippen LogP contribution in [0.3, 0.4) is 0 Å². The highest BCUT2D eigenvalue weighted by Crippen LogP contribution is 2.34. The van der Waals surface area contributed by atoms with Gasteiger partial charge in [-0.25, -0.2) is 17.9 Å². The van der Waals surface area contributed by atoms with Gasteiger partial charge in [0.05, 0.1) is 16.9 Å². The number of fused-ring (bicyclic) bond motifs is 1. The topological polar surface area (TPSA) is 171 Å². The number of halogens is 1. The van der Waals surface area contributed by atoms with Crippen LogP contribution in [-0.4, -0.2) is 74.6 Å². The Labute approximate surface area is 234 Å². The maximum atomic E-state index is 13.0. The van der Waals surface area contributed by atoms with E-state index in [1.165, 1.54) is 11.0 Å². The minimum absolute atomic E-state index is 0. The molecular formula is C26H36ClN5O6S. The fourth-order valence-corrected chi connectivity index (χ4v) is 6.19. The molecule has 3 amide bonds. The Balaban J connectivity index is 0.00000420. The van der Waals surface area contributed by atoms with Gasteiger partial charge in [-0.15, -0.1) is 12.4 Å². The number of nitrogens with one attached hydrogen (secondary N) is 3. The van der Waals surface area contributed by atoms with Crippen molar-refractivity contribution in [3.05, 3.63) is 42.5 Å². The van der Waals surface area contributed by atoms with Crippen LogP contribution in [-0.2, 0) is 19.6 Å². The van der Waals surface area contributed by atoms with Gasteiger partial charge in [0.1, 0.15) is 0 Å². The maximum Gasteiger partial charge on any atom is 0.407 e. The summed E-state index contributed by atoms with van der Waals surface area (Å²) >= 11 is 0. The number of nitrogens with two attached hydrogens (primary N) is 1. The largest absolute Gasteiger partial charge is 0.465 e. The van der Waals surface area contributed by atoms with Crippen LogP contribution in [0.25, 0.3) is 10.8 Å². The van der Waals surface area contributed by atoms with Crippen LogP contribution in [0.5, 0.6) is 0 Å². The molecule has 1 aliphatic carbocycles. The monoisotopic (exact) mass is 581 g/mol. The van der Waals surface area contributed by atoms with Crippen LogP contribution < -0.4 is 21.1 Å². The summed E-state index contributed by atoms with van der Waals surface area (Å²) in [6.45, 7) is 0.685. The summed E-state index contributed by atoms with van der Waals surface area (Å²) in [5, 5.41) is 17.1. The molecule has 2 fully saturated rings. The van der Waals surface area contributed by atoms with Crippen LogP contribution in [0.15, 0.2) is 47.4 Å². The molecule has 1 saturated heterocycles. The van der Waals surface area contributed by atoms with E-state index < -0.39 is 34.0 Å². The average molecular weight is 582 g/mol. The molecular weight excluding hydrogens is 546 g/mol. The zero-order chi connectivity index (χ0) is 27.3. The van der Waals surface area contributed by atoms with Crippen molar-refractivity contribution in [1.29, 1.82) is 0 Å². The molecule has 0 spiro atoms. The number of rotatable bonds is 11. The molecule has 2 unspecified atom stereocenters. The second kappa shape index (κ2) is 13.4. The molecule has 4 rings (SSSR count). The third-order valence-corrected chi connectivity index (χ3v) is 8.79. The van der Waals surface area contributed by atoms with E-state index in [0.717, 1.165) is 23.6 Å². The summed E-state index contributed by atoms with van der Waals surface area (Å²) in [6.07, 6.45) is 1.51. The van der Waals surface area contributed by atoms with E-state index in [-0.39, 0.29) is 55.3 Å². The van der Waals surface area contributed by atoms with Gasteiger partial charge in [-0.05, 0) is 61.1 Å². The quantitative estimate of drug-likeness (QED) is 0.268. The Bertz CT molecular complexity index is 1290. The van der Waals surface area contributed by atoms with Gasteiger partial charge in [0.2, 0.25) is 21.8 Å². The molecule has 6 N–H and O–H groups in total. The zero-order valence-electron chi connectivity index (χ0n) is 21.5. The minimum Gasteiger partial charge on any atom is -0.465 e. The predicted molar refractivity (Wildman–Crippen MR) is 149 cm³/mol. The summed E-state index contributed by atoms with van der Waals surface area (Å²) < 4.78 is 27.8. The van der Waals surface area contributed by atoms with Crippen molar-refractivity contribution in [2.75, 3.05) is 26.2 Å². The number of hydrogen-bond acceptors (Lipinski definition) is 6. The number of sulfonamides is 1. The fraction of sp³-hybridized carbons (Fsp3) is 0.500. The molecule has 0 bridgehead atoms. The molecule has 11 nitrogen and oxygen atoms in total. The minimum atomic E-state index is -3.81. The average Bonchev–Trinajstić information content (AvgIpc) is 3.63. The summed E-state index contributed by atoms with van der Waals surface area (Å²) in [4.78, 5) is 38.6. The smallest absolute Gasteiger partial charge is 0.407 e. The SMILES string of the molecule is Cl.NCCC1CC1NC(=O)[C@H]1CCCN(C(=O)O)[C@@H]1CNC(=O)CCNS(=O)(=O)c1ccc2ccccc2c1. The number of hydrogen-bond donors (Lipinski definition) is 5. The molecule has 39 heavy (non-hydrogen) atoms. The molecule has 4 atom stereocenters. The highest BCUT2D eigenvalue weighted by molar-refractivity contribution is 7.89. The molecule has 0 radical (unpaired) electrons. The van der Waals surface area contributed by atoms with Crippen LogP contribution in [0.1, 0.15) is 32.1 Å². The van der Waals surface area contributed by atoms with Gasteiger partial charge in [-0.3, -0.25) is 9.59 Å². The summed E-state index contributed by atoms with van der Waals surface area (Å²) in [6, 6.07) is 11.6. The molecule has 1 aliphatic heterocycles. The Kier molecular flexibility index (Phi) is 10.5. The highest BCUT2D eigenvalue weighted by Gasteiger charge is 2.43. The lowest BCUT2D eigenvalue weighted by Gasteiger charge is -2.39. The third-order valence-electron chi connectivity index (χ3n) is 7.33. The van der Waals surface area contributed by atoms with Crippen LogP contribution >= 0.6 is 12.4 Å². The van der Waals surface area contributed by atoms with Crippen molar-refractivity contribution in [2.24, 2.45) is 17.6 Å². The molecule has 0 aromatic heterocycles. The lowest BCUT2D eigenvalue weighted by molar-refractivity contribution is -0.129. The predicted octanol–water partition coefficient (Wildman–Crippen LogP) is 1.66. The van der Waals surface area contributed by atoms with Gasteiger partial charge >= 0.3 is 6.09 Å². The number of amides is 3. The number of likely N-dealkylation sites (tertiary alicyclic amines) is 1. The lowest BCUT2D eigenvalue weighted by atomic mass is 9.88. The maximum absolute atomic E-state index is 13.0. The normalized spacial score (nSPS) is 22.5. The number of piperidine rings is 1. The summed E-state index contributed by atoms with van der Waals surface area (Å²) in [5.74, 6) is -0.861. The molecule has 2 aromatic rings. The van der Waals surface area contributed by atoms with E-state index in [9.17, 15) is 27.9 Å². The van der Waals surface area contributed by atoms with Crippen LogP contribution in [0, 0.1) is 11.8 Å². The second-order valence-electron chi connectivity index (χ2n) is 9.94. The van der Waals surface area contributed by atoms with Crippen molar-refractivity contribution >= 4 is 51.1 Å². The molecule has 1 saturated carbocycles. The Morgan fingerprint density at radius 1 is 1.10 bits per heavy atom. The van der Waals surface area contributed by atoms with Crippen molar-refractivity contribution in [3.63, 3.8) is 0 Å². The van der Waals surface area contributed by atoms with E-state index >= 15 is 0 Å². The van der Waals surface area contributed by atoms with Gasteiger partial charge in [-0.1, -0.05) is 30.3 Å². The lowest BCUT2D eigenvalue weighted by Crippen LogP contribution is -2.57. The Hall–Kier alpha value is -2.93. The molecule has 2 aliphatic rings. The van der Waals surface area contributed by atoms with Gasteiger partial charge < -0.3 is 26.4 Å². The first-order valence-corrected chi connectivity index (χ1v) is 14.4. The van der Waals surface area contributed by atoms with E-state index in [1.54, 1.807) is 12.1 Å².